The van der Waals surface area contributed by atoms with E-state index in [0.717, 1.165) is 47.2 Å². The number of carbonyl (C=O) groups excluding carboxylic acids is 3. The van der Waals surface area contributed by atoms with Crippen molar-refractivity contribution >= 4 is 51.6 Å². The van der Waals surface area contributed by atoms with Crippen LogP contribution in [0.15, 0.2) is 24.3 Å². The molecule has 2 aliphatic rings. The standard InChI is InChI=1S/C25H28ClN5O4S/c1-35-22(32)13-31-9-8-19-21(12-31)36-25(30-19)24(34)29-18-5-3-2-4-17(18)28-23(33)20-11-14-10-15(26)6-7-16(14)27-20/h6-7,10-11,17-18,27H,2-5,8-9,12-13H2,1H3,(H,28,33)(H,29,34)/t17-,18?/m0/s1. The minimum Gasteiger partial charge on any atom is -0.468 e. The lowest BCUT2D eigenvalue weighted by molar-refractivity contribution is -0.142. The molecule has 0 spiro atoms. The third-order valence-electron chi connectivity index (χ3n) is 6.81. The van der Waals surface area contributed by atoms with Crippen molar-refractivity contribution < 1.29 is 19.1 Å². The quantitative estimate of drug-likeness (QED) is 0.422. The van der Waals surface area contributed by atoms with Crippen LogP contribution in [-0.2, 0) is 22.5 Å². The molecule has 3 aromatic rings. The number of ether oxygens (including phenoxy) is 1. The third-order valence-corrected chi connectivity index (χ3v) is 8.13. The Morgan fingerprint density at radius 3 is 2.67 bits per heavy atom. The Kier molecular flexibility index (Phi) is 7.27. The summed E-state index contributed by atoms with van der Waals surface area (Å²) in [6.45, 7) is 1.50. The molecule has 0 saturated heterocycles. The Morgan fingerprint density at radius 2 is 1.92 bits per heavy atom. The number of hydrogen-bond donors (Lipinski definition) is 3. The highest BCUT2D eigenvalue weighted by Gasteiger charge is 2.31. The van der Waals surface area contributed by atoms with Crippen LogP contribution < -0.4 is 10.6 Å². The second-order valence-corrected chi connectivity index (χ2v) is 10.8. The van der Waals surface area contributed by atoms with Crippen LogP contribution in [0.1, 0.15) is 56.5 Å². The Morgan fingerprint density at radius 1 is 1.17 bits per heavy atom. The molecule has 1 saturated carbocycles. The Balaban J connectivity index is 1.23. The number of fused-ring (bicyclic) bond motifs is 2. The number of thiazole rings is 1. The first-order valence-corrected chi connectivity index (χ1v) is 13.3. The first-order chi connectivity index (χ1) is 17.4. The third kappa shape index (κ3) is 5.40. The number of H-pyrrole nitrogens is 1. The van der Waals surface area contributed by atoms with Crippen LogP contribution in [0.5, 0.6) is 0 Å². The number of nitrogens with one attached hydrogen (secondary N) is 3. The van der Waals surface area contributed by atoms with Crippen molar-refractivity contribution in [3.05, 3.63) is 50.6 Å². The number of methoxy groups -OCH3 is 1. The largest absolute Gasteiger partial charge is 0.468 e. The number of esters is 1. The zero-order valence-electron chi connectivity index (χ0n) is 19.9. The van der Waals surface area contributed by atoms with Gasteiger partial charge >= 0.3 is 5.97 Å². The van der Waals surface area contributed by atoms with E-state index in [1.54, 1.807) is 12.1 Å². The molecular weight excluding hydrogens is 502 g/mol. The zero-order valence-corrected chi connectivity index (χ0v) is 21.5. The molecule has 1 aliphatic heterocycles. The molecular formula is C25H28ClN5O4S. The van der Waals surface area contributed by atoms with Gasteiger partial charge in [0.1, 0.15) is 5.69 Å². The normalized spacial score (nSPS) is 20.1. The fraction of sp³-hybridized carbons (Fsp3) is 0.440. The molecule has 1 unspecified atom stereocenters. The monoisotopic (exact) mass is 529 g/mol. The van der Waals surface area contributed by atoms with Crippen molar-refractivity contribution in [2.24, 2.45) is 0 Å². The predicted octanol–water partition coefficient (Wildman–Crippen LogP) is 3.28. The summed E-state index contributed by atoms with van der Waals surface area (Å²) >= 11 is 7.43. The lowest BCUT2D eigenvalue weighted by atomic mass is 9.90. The Labute approximate surface area is 217 Å². The molecule has 2 amide bonds. The molecule has 9 nitrogen and oxygen atoms in total. The summed E-state index contributed by atoms with van der Waals surface area (Å²) < 4.78 is 4.76. The lowest BCUT2D eigenvalue weighted by Gasteiger charge is -2.32. The van der Waals surface area contributed by atoms with E-state index < -0.39 is 0 Å². The van der Waals surface area contributed by atoms with Gasteiger partial charge < -0.3 is 20.4 Å². The average Bonchev–Trinajstić information content (AvgIpc) is 3.49. The molecule has 2 atom stereocenters. The molecule has 0 radical (unpaired) electrons. The van der Waals surface area contributed by atoms with Crippen molar-refractivity contribution in [1.82, 2.24) is 25.5 Å². The number of hydrogen-bond acceptors (Lipinski definition) is 7. The van der Waals surface area contributed by atoms with Gasteiger partial charge in [-0.05, 0) is 37.1 Å². The molecule has 5 rings (SSSR count). The van der Waals surface area contributed by atoms with Crippen LogP contribution in [0.2, 0.25) is 5.02 Å². The molecule has 190 valence electrons. The number of rotatable bonds is 6. The summed E-state index contributed by atoms with van der Waals surface area (Å²) in [6, 6.07) is 6.88. The molecule has 36 heavy (non-hydrogen) atoms. The molecule has 11 heteroatoms. The maximum Gasteiger partial charge on any atom is 0.319 e. The average molecular weight is 530 g/mol. The number of nitrogens with zero attached hydrogens (tertiary/aromatic N) is 2. The van der Waals surface area contributed by atoms with E-state index in [4.69, 9.17) is 16.3 Å². The van der Waals surface area contributed by atoms with Gasteiger partial charge in [-0.15, -0.1) is 11.3 Å². The Bertz CT molecular complexity index is 1300. The van der Waals surface area contributed by atoms with Crippen molar-refractivity contribution in [3.8, 4) is 0 Å². The topological polar surface area (TPSA) is 116 Å². The number of benzene rings is 1. The second kappa shape index (κ2) is 10.6. The minimum atomic E-state index is -0.275. The maximum atomic E-state index is 13.1. The first-order valence-electron chi connectivity index (χ1n) is 12.1. The van der Waals surface area contributed by atoms with Crippen molar-refractivity contribution in [2.45, 2.75) is 50.7 Å². The number of carbonyl (C=O) groups is 3. The number of aromatic nitrogens is 2. The van der Waals surface area contributed by atoms with Gasteiger partial charge in [-0.25, -0.2) is 4.98 Å². The van der Waals surface area contributed by atoms with Crippen LogP contribution in [0, 0.1) is 0 Å². The fourth-order valence-electron chi connectivity index (χ4n) is 4.91. The summed E-state index contributed by atoms with van der Waals surface area (Å²) in [5.74, 6) is -0.702. The van der Waals surface area contributed by atoms with Crippen LogP contribution in [0.3, 0.4) is 0 Å². The minimum absolute atomic E-state index is 0.171. The first kappa shape index (κ1) is 24.7. The summed E-state index contributed by atoms with van der Waals surface area (Å²) in [7, 11) is 1.38. The van der Waals surface area contributed by atoms with E-state index in [-0.39, 0.29) is 36.4 Å². The summed E-state index contributed by atoms with van der Waals surface area (Å²) in [5.41, 5.74) is 2.22. The van der Waals surface area contributed by atoms with Gasteiger partial charge in [0.2, 0.25) is 0 Å². The van der Waals surface area contributed by atoms with Gasteiger partial charge in [0, 0.05) is 52.4 Å². The van der Waals surface area contributed by atoms with E-state index in [9.17, 15) is 14.4 Å². The van der Waals surface area contributed by atoms with Crippen molar-refractivity contribution in [1.29, 1.82) is 0 Å². The van der Waals surface area contributed by atoms with Gasteiger partial charge in [0.25, 0.3) is 11.8 Å². The van der Waals surface area contributed by atoms with Crippen LogP contribution >= 0.6 is 22.9 Å². The molecule has 3 heterocycles. The lowest BCUT2D eigenvalue weighted by Crippen LogP contribution is -2.53. The highest BCUT2D eigenvalue weighted by Crippen LogP contribution is 2.26. The van der Waals surface area contributed by atoms with E-state index in [2.05, 4.69) is 20.6 Å². The van der Waals surface area contributed by atoms with Gasteiger partial charge in [0.05, 0.1) is 19.3 Å². The predicted molar refractivity (Wildman–Crippen MR) is 137 cm³/mol. The van der Waals surface area contributed by atoms with E-state index >= 15 is 0 Å². The van der Waals surface area contributed by atoms with E-state index in [1.807, 2.05) is 17.0 Å². The number of halogens is 1. The fourth-order valence-corrected chi connectivity index (χ4v) is 6.14. The number of aromatic amines is 1. The summed E-state index contributed by atoms with van der Waals surface area (Å²) in [4.78, 5) is 48.4. The van der Waals surface area contributed by atoms with Gasteiger partial charge in [0.15, 0.2) is 5.01 Å². The molecule has 3 N–H and O–H groups in total. The Hall–Kier alpha value is -2.95. The van der Waals surface area contributed by atoms with Crippen LogP contribution in [-0.4, -0.2) is 64.9 Å². The highest BCUT2D eigenvalue weighted by atomic mass is 35.5. The van der Waals surface area contributed by atoms with Crippen molar-refractivity contribution in [2.75, 3.05) is 20.2 Å². The molecule has 0 bridgehead atoms. The summed E-state index contributed by atoms with van der Waals surface area (Å²) in [6.07, 6.45) is 4.24. The maximum absolute atomic E-state index is 13.1. The summed E-state index contributed by atoms with van der Waals surface area (Å²) in [5, 5.41) is 8.14. The van der Waals surface area contributed by atoms with Gasteiger partial charge in [-0.1, -0.05) is 24.4 Å². The van der Waals surface area contributed by atoms with Gasteiger partial charge in [-0.3, -0.25) is 19.3 Å². The SMILES string of the molecule is COC(=O)CN1CCc2nc(C(=O)NC3CCCC[C@@H]3NC(=O)c3cc4cc(Cl)ccc4[nH]3)sc2C1. The van der Waals surface area contributed by atoms with Gasteiger partial charge in [-0.2, -0.15) is 0 Å². The molecule has 1 fully saturated rings. The zero-order chi connectivity index (χ0) is 25.2. The van der Waals surface area contributed by atoms with Crippen molar-refractivity contribution in [3.63, 3.8) is 0 Å². The smallest absolute Gasteiger partial charge is 0.319 e. The highest BCUT2D eigenvalue weighted by molar-refractivity contribution is 7.13. The van der Waals surface area contributed by atoms with E-state index in [1.165, 1.54) is 18.4 Å². The molecule has 1 aromatic carbocycles. The van der Waals surface area contributed by atoms with E-state index in [0.29, 0.717) is 35.2 Å². The van der Waals surface area contributed by atoms with Crippen LogP contribution in [0.25, 0.3) is 10.9 Å². The number of amides is 2. The molecule has 2 aromatic heterocycles. The van der Waals surface area contributed by atoms with Crippen LogP contribution in [0.4, 0.5) is 0 Å². The molecule has 1 aliphatic carbocycles. The second-order valence-electron chi connectivity index (χ2n) is 9.28.